The zero-order chi connectivity index (χ0) is 22.0. The standard InChI is InChI=1S/C23H25ClN8/c1-3-31-13-16-17(29-31)5-4-14(19(16)24)15-12-27-20-18(15)21-26-8-11-32(21)22(28-20)30-9-6-23(2,25)7-10-30/h4-5,8,11-13,27H,3,6-7,9-10,25H2,1-2H3. The number of nitrogens with two attached hydrogens (primary N) is 1. The Morgan fingerprint density at radius 3 is 2.81 bits per heavy atom. The summed E-state index contributed by atoms with van der Waals surface area (Å²) in [6.45, 7) is 6.73. The molecule has 1 aliphatic heterocycles. The predicted octanol–water partition coefficient (Wildman–Crippen LogP) is 4.22. The van der Waals surface area contributed by atoms with Crippen LogP contribution in [0.25, 0.3) is 38.7 Å². The quantitative estimate of drug-likeness (QED) is 0.431. The van der Waals surface area contributed by atoms with Gasteiger partial charge in [-0.15, -0.1) is 0 Å². The Morgan fingerprint density at radius 2 is 2.03 bits per heavy atom. The van der Waals surface area contributed by atoms with Crippen LogP contribution in [-0.4, -0.2) is 47.8 Å². The van der Waals surface area contributed by atoms with Crippen LogP contribution in [0.4, 0.5) is 5.95 Å². The third-order valence-electron chi connectivity index (χ3n) is 6.62. The summed E-state index contributed by atoms with van der Waals surface area (Å²) in [7, 11) is 0. The van der Waals surface area contributed by atoms with E-state index in [2.05, 4.69) is 33.2 Å². The van der Waals surface area contributed by atoms with Crippen LogP contribution in [0.1, 0.15) is 26.7 Å². The Kier molecular flexibility index (Phi) is 4.25. The number of halogens is 1. The van der Waals surface area contributed by atoms with Gasteiger partial charge in [-0.05, 0) is 32.8 Å². The highest BCUT2D eigenvalue weighted by Crippen LogP contribution is 2.39. The molecule has 0 unspecified atom stereocenters. The van der Waals surface area contributed by atoms with E-state index in [1.807, 2.05) is 41.6 Å². The van der Waals surface area contributed by atoms with Gasteiger partial charge in [-0.3, -0.25) is 9.08 Å². The number of imidazole rings is 1. The van der Waals surface area contributed by atoms with Gasteiger partial charge >= 0.3 is 0 Å². The molecule has 3 N–H and O–H groups in total. The van der Waals surface area contributed by atoms with Crippen LogP contribution < -0.4 is 10.6 Å². The highest BCUT2D eigenvalue weighted by molar-refractivity contribution is 6.38. The summed E-state index contributed by atoms with van der Waals surface area (Å²) in [5, 5.41) is 7.17. The van der Waals surface area contributed by atoms with Gasteiger partial charge in [0.2, 0.25) is 5.95 Å². The Labute approximate surface area is 190 Å². The second kappa shape index (κ2) is 6.95. The van der Waals surface area contributed by atoms with E-state index >= 15 is 0 Å². The smallest absolute Gasteiger partial charge is 0.213 e. The van der Waals surface area contributed by atoms with Gasteiger partial charge in [0.1, 0.15) is 5.65 Å². The zero-order valence-corrected chi connectivity index (χ0v) is 18.9. The van der Waals surface area contributed by atoms with E-state index in [0.717, 1.165) is 77.1 Å². The molecule has 4 aromatic heterocycles. The molecule has 6 rings (SSSR count). The molecule has 32 heavy (non-hydrogen) atoms. The van der Waals surface area contributed by atoms with Crippen molar-refractivity contribution >= 4 is 45.1 Å². The summed E-state index contributed by atoms with van der Waals surface area (Å²) >= 11 is 6.87. The van der Waals surface area contributed by atoms with Gasteiger partial charge in [-0.25, -0.2) is 4.98 Å². The molecule has 5 aromatic rings. The predicted molar refractivity (Wildman–Crippen MR) is 128 cm³/mol. The van der Waals surface area contributed by atoms with Crippen molar-refractivity contribution < 1.29 is 0 Å². The van der Waals surface area contributed by atoms with E-state index in [1.54, 1.807) is 0 Å². The Hall–Kier alpha value is -3.10. The minimum absolute atomic E-state index is 0.116. The summed E-state index contributed by atoms with van der Waals surface area (Å²) in [6, 6.07) is 4.05. The lowest BCUT2D eigenvalue weighted by Gasteiger charge is -2.37. The summed E-state index contributed by atoms with van der Waals surface area (Å²) in [6.07, 6.45) is 9.63. The highest BCUT2D eigenvalue weighted by Gasteiger charge is 2.28. The lowest BCUT2D eigenvalue weighted by Crippen LogP contribution is -2.48. The number of rotatable bonds is 3. The SMILES string of the molecule is CCn1cc2c(Cl)c(-c3c[nH]c4nc(N5CCC(C)(N)CC5)n5ccnc5c34)ccc2n1. The maximum Gasteiger partial charge on any atom is 0.213 e. The van der Waals surface area contributed by atoms with Crippen molar-refractivity contribution in [2.45, 2.75) is 38.8 Å². The van der Waals surface area contributed by atoms with Gasteiger partial charge in [0.05, 0.1) is 15.9 Å². The number of nitrogens with zero attached hydrogens (tertiary/aromatic N) is 6. The molecular weight excluding hydrogens is 424 g/mol. The second-order valence-electron chi connectivity index (χ2n) is 8.94. The molecule has 1 aromatic carbocycles. The summed E-state index contributed by atoms with van der Waals surface area (Å²) in [4.78, 5) is 15.3. The average molecular weight is 449 g/mol. The third-order valence-corrected chi connectivity index (χ3v) is 7.03. The maximum absolute atomic E-state index is 6.87. The fourth-order valence-corrected chi connectivity index (χ4v) is 4.97. The van der Waals surface area contributed by atoms with Crippen molar-refractivity contribution in [1.29, 1.82) is 0 Å². The molecular formula is C23H25ClN8. The zero-order valence-electron chi connectivity index (χ0n) is 18.1. The van der Waals surface area contributed by atoms with E-state index in [-0.39, 0.29) is 5.54 Å². The van der Waals surface area contributed by atoms with Crippen LogP contribution in [0.3, 0.4) is 0 Å². The molecule has 0 saturated carbocycles. The molecule has 1 fully saturated rings. The van der Waals surface area contributed by atoms with E-state index < -0.39 is 0 Å². The molecule has 0 radical (unpaired) electrons. The van der Waals surface area contributed by atoms with Gasteiger partial charge in [0.25, 0.3) is 0 Å². The van der Waals surface area contributed by atoms with Gasteiger partial charge in [-0.2, -0.15) is 10.1 Å². The van der Waals surface area contributed by atoms with Crippen molar-refractivity contribution in [3.63, 3.8) is 0 Å². The molecule has 1 saturated heterocycles. The number of H-pyrrole nitrogens is 1. The summed E-state index contributed by atoms with van der Waals surface area (Å²) in [5.41, 5.74) is 10.7. The van der Waals surface area contributed by atoms with Crippen molar-refractivity contribution in [3.05, 3.63) is 41.9 Å². The lowest BCUT2D eigenvalue weighted by atomic mass is 9.91. The van der Waals surface area contributed by atoms with Crippen LogP contribution in [0.2, 0.25) is 5.02 Å². The Balaban J connectivity index is 1.52. The van der Waals surface area contributed by atoms with Crippen LogP contribution >= 0.6 is 11.6 Å². The Morgan fingerprint density at radius 1 is 1.22 bits per heavy atom. The average Bonchev–Trinajstić information content (AvgIpc) is 3.51. The molecule has 1 aliphatic rings. The number of fused-ring (bicyclic) bond motifs is 4. The van der Waals surface area contributed by atoms with Gasteiger partial charge in [0.15, 0.2) is 5.65 Å². The van der Waals surface area contributed by atoms with E-state index in [9.17, 15) is 0 Å². The number of hydrogen-bond acceptors (Lipinski definition) is 5. The number of aryl methyl sites for hydroxylation is 1. The maximum atomic E-state index is 6.87. The summed E-state index contributed by atoms with van der Waals surface area (Å²) < 4.78 is 3.97. The first-order valence-corrected chi connectivity index (χ1v) is 11.4. The van der Waals surface area contributed by atoms with Crippen molar-refractivity contribution in [2.24, 2.45) is 5.73 Å². The van der Waals surface area contributed by atoms with Gasteiger partial charge < -0.3 is 15.6 Å². The first-order valence-electron chi connectivity index (χ1n) is 11.0. The summed E-state index contributed by atoms with van der Waals surface area (Å²) in [5.74, 6) is 0.889. The molecule has 0 amide bonds. The van der Waals surface area contributed by atoms with Gasteiger partial charge in [-0.1, -0.05) is 17.7 Å². The molecule has 5 heterocycles. The van der Waals surface area contributed by atoms with E-state index in [4.69, 9.17) is 27.3 Å². The van der Waals surface area contributed by atoms with Crippen molar-refractivity contribution in [1.82, 2.24) is 29.1 Å². The molecule has 0 atom stereocenters. The minimum atomic E-state index is -0.116. The van der Waals surface area contributed by atoms with Crippen LogP contribution in [0.5, 0.6) is 0 Å². The highest BCUT2D eigenvalue weighted by atomic mass is 35.5. The number of piperidine rings is 1. The largest absolute Gasteiger partial charge is 0.345 e. The molecule has 0 spiro atoms. The van der Waals surface area contributed by atoms with E-state index in [1.165, 1.54) is 0 Å². The fraction of sp³-hybridized carbons (Fsp3) is 0.348. The molecule has 0 bridgehead atoms. The number of hydrogen-bond donors (Lipinski definition) is 2. The normalized spacial score (nSPS) is 16.6. The first kappa shape index (κ1) is 19.6. The number of nitrogens with one attached hydrogen (secondary N) is 1. The fourth-order valence-electron chi connectivity index (χ4n) is 4.66. The van der Waals surface area contributed by atoms with Crippen LogP contribution in [0.15, 0.2) is 36.9 Å². The van der Waals surface area contributed by atoms with Crippen molar-refractivity contribution in [3.8, 4) is 11.1 Å². The number of aromatic nitrogens is 6. The molecule has 164 valence electrons. The van der Waals surface area contributed by atoms with Crippen LogP contribution in [0, 0.1) is 0 Å². The van der Waals surface area contributed by atoms with Crippen molar-refractivity contribution in [2.75, 3.05) is 18.0 Å². The van der Waals surface area contributed by atoms with Crippen LogP contribution in [-0.2, 0) is 6.54 Å². The third kappa shape index (κ3) is 2.90. The number of aromatic amines is 1. The van der Waals surface area contributed by atoms with Gasteiger partial charge in [0, 0.05) is 66.5 Å². The molecule has 9 heteroatoms. The Bertz CT molecular complexity index is 1460. The topological polar surface area (TPSA) is 93.1 Å². The van der Waals surface area contributed by atoms with E-state index in [0.29, 0.717) is 5.02 Å². The second-order valence-corrected chi connectivity index (χ2v) is 9.32. The lowest BCUT2D eigenvalue weighted by molar-refractivity contribution is 0.361. The first-order chi connectivity index (χ1) is 15.4. The molecule has 0 aliphatic carbocycles. The minimum Gasteiger partial charge on any atom is -0.345 e. The number of benzene rings is 1. The number of anilines is 1. The monoisotopic (exact) mass is 448 g/mol. The molecule has 8 nitrogen and oxygen atoms in total.